The van der Waals surface area contributed by atoms with Gasteiger partial charge in [-0.15, -0.1) is 10.2 Å². The van der Waals surface area contributed by atoms with Crippen molar-refractivity contribution in [1.82, 2.24) is 20.2 Å². The van der Waals surface area contributed by atoms with E-state index in [1.165, 1.54) is 11.8 Å². The molecule has 3 aromatic carbocycles. The normalized spacial score (nSPS) is 10.9. The topological polar surface area (TPSA) is 90.6 Å². The third kappa shape index (κ3) is 6.51. The van der Waals surface area contributed by atoms with Crippen LogP contribution in [0.2, 0.25) is 0 Å². The van der Waals surface area contributed by atoms with Crippen LogP contribution in [-0.4, -0.2) is 45.9 Å². The predicted molar refractivity (Wildman–Crippen MR) is 142 cm³/mol. The Morgan fingerprint density at radius 2 is 1.56 bits per heavy atom. The van der Waals surface area contributed by atoms with Gasteiger partial charge in [0.15, 0.2) is 11.0 Å². The average Bonchev–Trinajstić information content (AvgIpc) is 3.34. The minimum atomic E-state index is -0.246. The molecule has 0 aliphatic carbocycles. The van der Waals surface area contributed by atoms with Crippen molar-refractivity contribution in [2.45, 2.75) is 19.0 Å². The summed E-state index contributed by atoms with van der Waals surface area (Å²) in [5.74, 6) is 2.15. The van der Waals surface area contributed by atoms with Crippen molar-refractivity contribution in [1.29, 1.82) is 0 Å². The molecule has 1 amide bonds. The summed E-state index contributed by atoms with van der Waals surface area (Å²) in [5.41, 5.74) is 5.22. The lowest BCUT2D eigenvalue weighted by atomic mass is 10.2. The second kappa shape index (κ2) is 12.6. The first-order chi connectivity index (χ1) is 17.7. The first-order valence-electron chi connectivity index (χ1n) is 11.6. The van der Waals surface area contributed by atoms with Crippen LogP contribution in [0.5, 0.6) is 11.5 Å². The SMILES string of the molecule is CCOc1ccc(C=NNC(=O)CSc2nnc(-c3ccccc3)n2-c2ccc(OCC)cc2)cc1. The van der Waals surface area contributed by atoms with Crippen LogP contribution in [0.25, 0.3) is 17.1 Å². The van der Waals surface area contributed by atoms with Gasteiger partial charge in [-0.2, -0.15) is 5.10 Å². The summed E-state index contributed by atoms with van der Waals surface area (Å²) in [6, 6.07) is 25.0. The first-order valence-corrected chi connectivity index (χ1v) is 12.6. The number of aromatic nitrogens is 3. The number of thioether (sulfide) groups is 1. The highest BCUT2D eigenvalue weighted by Crippen LogP contribution is 2.28. The second-order valence-electron chi connectivity index (χ2n) is 7.52. The highest BCUT2D eigenvalue weighted by Gasteiger charge is 2.17. The average molecular weight is 502 g/mol. The van der Waals surface area contributed by atoms with Crippen LogP contribution in [0.4, 0.5) is 0 Å². The number of benzene rings is 3. The number of ether oxygens (including phenoxy) is 2. The molecule has 0 spiro atoms. The maximum atomic E-state index is 12.4. The summed E-state index contributed by atoms with van der Waals surface area (Å²) in [6.45, 7) is 5.09. The molecular formula is C27H27N5O3S. The van der Waals surface area contributed by atoms with E-state index in [0.717, 1.165) is 28.3 Å². The van der Waals surface area contributed by atoms with E-state index in [4.69, 9.17) is 9.47 Å². The summed E-state index contributed by atoms with van der Waals surface area (Å²) in [6.07, 6.45) is 1.59. The second-order valence-corrected chi connectivity index (χ2v) is 8.46. The molecule has 1 N–H and O–H groups in total. The molecule has 0 radical (unpaired) electrons. The summed E-state index contributed by atoms with van der Waals surface area (Å²) in [4.78, 5) is 12.4. The van der Waals surface area contributed by atoms with E-state index in [1.807, 2.05) is 97.3 Å². The van der Waals surface area contributed by atoms with Crippen molar-refractivity contribution in [3.05, 3.63) is 84.4 Å². The van der Waals surface area contributed by atoms with Crippen molar-refractivity contribution in [3.8, 4) is 28.6 Å². The summed E-state index contributed by atoms with van der Waals surface area (Å²) < 4.78 is 12.9. The highest BCUT2D eigenvalue weighted by atomic mass is 32.2. The molecule has 4 rings (SSSR count). The fourth-order valence-corrected chi connectivity index (χ4v) is 4.13. The van der Waals surface area contributed by atoms with Gasteiger partial charge in [0.1, 0.15) is 11.5 Å². The Bertz CT molecular complexity index is 1290. The minimum Gasteiger partial charge on any atom is -0.494 e. The Morgan fingerprint density at radius 3 is 2.19 bits per heavy atom. The minimum absolute atomic E-state index is 0.130. The number of hydrogen-bond acceptors (Lipinski definition) is 7. The third-order valence-electron chi connectivity index (χ3n) is 5.00. The van der Waals surface area contributed by atoms with Crippen LogP contribution in [0, 0.1) is 0 Å². The van der Waals surface area contributed by atoms with E-state index in [0.29, 0.717) is 24.2 Å². The highest BCUT2D eigenvalue weighted by molar-refractivity contribution is 7.99. The van der Waals surface area contributed by atoms with E-state index in [2.05, 4.69) is 20.7 Å². The maximum Gasteiger partial charge on any atom is 0.250 e. The zero-order valence-electron chi connectivity index (χ0n) is 20.1. The van der Waals surface area contributed by atoms with E-state index in [-0.39, 0.29) is 11.7 Å². The Hall–Kier alpha value is -4.11. The molecule has 0 fully saturated rings. The zero-order valence-corrected chi connectivity index (χ0v) is 20.9. The van der Waals surface area contributed by atoms with E-state index in [9.17, 15) is 4.79 Å². The fraction of sp³-hybridized carbons (Fsp3) is 0.185. The largest absolute Gasteiger partial charge is 0.494 e. The van der Waals surface area contributed by atoms with Crippen molar-refractivity contribution in [2.24, 2.45) is 5.10 Å². The Kier molecular flexibility index (Phi) is 8.72. The number of hydrazone groups is 1. The Morgan fingerprint density at radius 1 is 0.917 bits per heavy atom. The number of carbonyl (C=O) groups excluding carboxylic acids is 1. The quantitative estimate of drug-likeness (QED) is 0.177. The molecule has 1 aromatic heterocycles. The van der Waals surface area contributed by atoms with Crippen LogP contribution in [0.3, 0.4) is 0 Å². The van der Waals surface area contributed by atoms with E-state index < -0.39 is 0 Å². The molecule has 0 bridgehead atoms. The molecule has 0 atom stereocenters. The van der Waals surface area contributed by atoms with Gasteiger partial charge in [-0.05, 0) is 67.9 Å². The van der Waals surface area contributed by atoms with Crippen molar-refractivity contribution >= 4 is 23.9 Å². The molecule has 0 saturated carbocycles. The summed E-state index contributed by atoms with van der Waals surface area (Å²) in [7, 11) is 0. The van der Waals surface area contributed by atoms with Crippen LogP contribution >= 0.6 is 11.8 Å². The monoisotopic (exact) mass is 501 g/mol. The molecular weight excluding hydrogens is 474 g/mol. The maximum absolute atomic E-state index is 12.4. The lowest BCUT2D eigenvalue weighted by Gasteiger charge is -2.11. The van der Waals surface area contributed by atoms with Crippen LogP contribution in [-0.2, 0) is 4.79 Å². The van der Waals surface area contributed by atoms with Crippen molar-refractivity contribution in [3.63, 3.8) is 0 Å². The number of nitrogens with one attached hydrogen (secondary N) is 1. The number of nitrogens with zero attached hydrogens (tertiary/aromatic N) is 4. The molecule has 0 aliphatic rings. The number of hydrogen-bond donors (Lipinski definition) is 1. The Labute approximate surface area is 214 Å². The Balaban J connectivity index is 1.45. The van der Waals surface area contributed by atoms with Gasteiger partial charge < -0.3 is 9.47 Å². The summed E-state index contributed by atoms with van der Waals surface area (Å²) in [5, 5.41) is 13.4. The van der Waals surface area contributed by atoms with Crippen molar-refractivity contribution < 1.29 is 14.3 Å². The number of rotatable bonds is 11. The summed E-state index contributed by atoms with van der Waals surface area (Å²) >= 11 is 1.29. The van der Waals surface area contributed by atoms with Gasteiger partial charge >= 0.3 is 0 Å². The standard InChI is InChI=1S/C27H27N5O3S/c1-3-34-23-14-10-20(11-15-23)18-28-29-25(33)19-36-27-31-30-26(21-8-6-5-7-9-21)32(27)22-12-16-24(17-13-22)35-4-2/h5-18H,3-4,19H2,1-2H3,(H,29,33). The molecule has 1 heterocycles. The lowest BCUT2D eigenvalue weighted by Crippen LogP contribution is -2.20. The first kappa shape index (κ1) is 25.0. The van der Waals surface area contributed by atoms with Crippen LogP contribution in [0.15, 0.2) is 89.1 Å². The predicted octanol–water partition coefficient (Wildman–Crippen LogP) is 4.97. The van der Waals surface area contributed by atoms with Gasteiger partial charge in [0.05, 0.1) is 25.2 Å². The van der Waals surface area contributed by atoms with Gasteiger partial charge in [0.25, 0.3) is 5.91 Å². The lowest BCUT2D eigenvalue weighted by molar-refractivity contribution is -0.118. The van der Waals surface area contributed by atoms with E-state index >= 15 is 0 Å². The molecule has 36 heavy (non-hydrogen) atoms. The van der Waals surface area contributed by atoms with Gasteiger partial charge in [0, 0.05) is 11.3 Å². The van der Waals surface area contributed by atoms with Gasteiger partial charge in [-0.25, -0.2) is 5.43 Å². The zero-order chi connectivity index (χ0) is 25.2. The number of carbonyl (C=O) groups is 1. The van der Waals surface area contributed by atoms with Gasteiger partial charge in [-0.1, -0.05) is 42.1 Å². The number of amides is 1. The smallest absolute Gasteiger partial charge is 0.250 e. The van der Waals surface area contributed by atoms with Gasteiger partial charge in [-0.3, -0.25) is 9.36 Å². The molecule has 0 saturated heterocycles. The van der Waals surface area contributed by atoms with Crippen LogP contribution in [0.1, 0.15) is 19.4 Å². The molecule has 4 aromatic rings. The fourth-order valence-electron chi connectivity index (χ4n) is 3.39. The molecule has 0 unspecified atom stereocenters. The molecule has 0 aliphatic heterocycles. The molecule has 184 valence electrons. The van der Waals surface area contributed by atoms with E-state index in [1.54, 1.807) is 6.21 Å². The third-order valence-corrected chi connectivity index (χ3v) is 5.93. The van der Waals surface area contributed by atoms with Gasteiger partial charge in [0.2, 0.25) is 0 Å². The molecule has 9 heteroatoms. The van der Waals surface area contributed by atoms with Crippen LogP contribution < -0.4 is 14.9 Å². The molecule has 8 nitrogen and oxygen atoms in total. The van der Waals surface area contributed by atoms with Crippen molar-refractivity contribution in [2.75, 3.05) is 19.0 Å².